The molecule has 0 unspecified atom stereocenters. The van der Waals surface area contributed by atoms with Crippen molar-refractivity contribution in [2.45, 2.75) is 33.4 Å². The molecule has 78 valence electrons. The molecule has 0 amide bonds. The van der Waals surface area contributed by atoms with Crippen molar-refractivity contribution in [3.05, 3.63) is 34.3 Å². The van der Waals surface area contributed by atoms with Gasteiger partial charge in [-0.15, -0.1) is 0 Å². The lowest BCUT2D eigenvalue weighted by Gasteiger charge is -2.17. The number of hydrogen-bond acceptors (Lipinski definition) is 1. The van der Waals surface area contributed by atoms with Crippen molar-refractivity contribution in [1.82, 2.24) is 5.32 Å². The highest BCUT2D eigenvalue weighted by molar-refractivity contribution is 9.10. The summed E-state index contributed by atoms with van der Waals surface area (Å²) in [6.45, 7) is 7.65. The van der Waals surface area contributed by atoms with E-state index in [1.165, 1.54) is 5.56 Å². The summed E-state index contributed by atoms with van der Waals surface area (Å²) >= 11 is 3.43. The summed E-state index contributed by atoms with van der Waals surface area (Å²) < 4.78 is 1.14. The molecule has 0 spiro atoms. The van der Waals surface area contributed by atoms with Gasteiger partial charge in [-0.2, -0.15) is 0 Å². The number of rotatable bonds is 4. The second-order valence-electron chi connectivity index (χ2n) is 4.04. The lowest BCUT2D eigenvalue weighted by molar-refractivity contribution is 0.426. The van der Waals surface area contributed by atoms with Crippen LogP contribution in [-0.4, -0.2) is 6.04 Å². The molecule has 0 fully saturated rings. The highest BCUT2D eigenvalue weighted by atomic mass is 79.9. The van der Waals surface area contributed by atoms with Crippen LogP contribution >= 0.6 is 15.9 Å². The smallest absolute Gasteiger partial charge is 0.0208 e. The average molecular weight is 256 g/mol. The minimum Gasteiger partial charge on any atom is -0.310 e. The van der Waals surface area contributed by atoms with Crippen LogP contribution in [-0.2, 0) is 6.54 Å². The lowest BCUT2D eigenvalue weighted by Crippen LogP contribution is -2.30. The van der Waals surface area contributed by atoms with E-state index in [0.717, 1.165) is 11.0 Å². The van der Waals surface area contributed by atoms with Gasteiger partial charge < -0.3 is 5.32 Å². The molecule has 0 aromatic heterocycles. The second-order valence-corrected chi connectivity index (χ2v) is 4.96. The van der Waals surface area contributed by atoms with Gasteiger partial charge >= 0.3 is 0 Å². The summed E-state index contributed by atoms with van der Waals surface area (Å²) in [5, 5.41) is 3.50. The summed E-state index contributed by atoms with van der Waals surface area (Å²) in [5.41, 5.74) is 1.33. The van der Waals surface area contributed by atoms with E-state index >= 15 is 0 Å². The van der Waals surface area contributed by atoms with E-state index in [1.54, 1.807) is 0 Å². The van der Waals surface area contributed by atoms with Crippen molar-refractivity contribution < 1.29 is 0 Å². The van der Waals surface area contributed by atoms with Gasteiger partial charge in [-0.25, -0.2) is 0 Å². The largest absolute Gasteiger partial charge is 0.310 e. The van der Waals surface area contributed by atoms with Crippen LogP contribution in [0.1, 0.15) is 26.3 Å². The first-order valence-electron chi connectivity index (χ1n) is 5.07. The Labute approximate surface area is 95.0 Å². The van der Waals surface area contributed by atoms with E-state index in [9.17, 15) is 0 Å². The zero-order chi connectivity index (χ0) is 10.6. The fraction of sp³-hybridized carbons (Fsp3) is 0.500. The van der Waals surface area contributed by atoms with Gasteiger partial charge in [0.1, 0.15) is 0 Å². The monoisotopic (exact) mass is 255 g/mol. The van der Waals surface area contributed by atoms with Gasteiger partial charge in [0.05, 0.1) is 0 Å². The standard InChI is InChI=1S/C12H18BrN/c1-9(2)10(3)14-8-11-4-6-12(13)7-5-11/h4-7,9-10,14H,8H2,1-3H3/t10-/m1/s1. The minimum atomic E-state index is 0.568. The number of halogens is 1. The van der Waals surface area contributed by atoms with E-state index in [2.05, 4.69) is 66.3 Å². The Bertz CT molecular complexity index is 266. The summed E-state index contributed by atoms with van der Waals surface area (Å²) in [6, 6.07) is 9.01. The molecule has 0 heterocycles. The third-order valence-electron chi connectivity index (χ3n) is 2.54. The maximum absolute atomic E-state index is 3.50. The Kier molecular flexibility index (Phi) is 4.63. The maximum Gasteiger partial charge on any atom is 0.0208 e. The molecule has 0 aliphatic carbocycles. The summed E-state index contributed by atoms with van der Waals surface area (Å²) in [6.07, 6.45) is 0. The maximum atomic E-state index is 3.50. The molecule has 2 heteroatoms. The first-order chi connectivity index (χ1) is 6.59. The number of benzene rings is 1. The van der Waals surface area contributed by atoms with Crippen molar-refractivity contribution in [3.63, 3.8) is 0 Å². The molecule has 0 bridgehead atoms. The Morgan fingerprint density at radius 3 is 2.21 bits per heavy atom. The van der Waals surface area contributed by atoms with Crippen LogP contribution in [0.5, 0.6) is 0 Å². The summed E-state index contributed by atoms with van der Waals surface area (Å²) in [7, 11) is 0. The van der Waals surface area contributed by atoms with Crippen molar-refractivity contribution in [2.75, 3.05) is 0 Å². The normalized spacial score (nSPS) is 13.2. The van der Waals surface area contributed by atoms with Crippen molar-refractivity contribution >= 4 is 15.9 Å². The third kappa shape index (κ3) is 3.81. The molecule has 1 aromatic carbocycles. The Balaban J connectivity index is 2.42. The van der Waals surface area contributed by atoms with E-state index in [4.69, 9.17) is 0 Å². The Morgan fingerprint density at radius 2 is 1.71 bits per heavy atom. The molecule has 0 aliphatic rings. The van der Waals surface area contributed by atoms with Gasteiger partial charge in [0.15, 0.2) is 0 Å². The van der Waals surface area contributed by atoms with Crippen LogP contribution in [0.25, 0.3) is 0 Å². The Morgan fingerprint density at radius 1 is 1.14 bits per heavy atom. The highest BCUT2D eigenvalue weighted by Gasteiger charge is 2.05. The molecule has 1 N–H and O–H groups in total. The van der Waals surface area contributed by atoms with Crippen LogP contribution in [0, 0.1) is 5.92 Å². The predicted molar refractivity (Wildman–Crippen MR) is 65.3 cm³/mol. The third-order valence-corrected chi connectivity index (χ3v) is 3.07. The first kappa shape index (κ1) is 11.7. The highest BCUT2D eigenvalue weighted by Crippen LogP contribution is 2.10. The van der Waals surface area contributed by atoms with Gasteiger partial charge in [-0.1, -0.05) is 41.9 Å². The topological polar surface area (TPSA) is 12.0 Å². The van der Waals surface area contributed by atoms with Crippen molar-refractivity contribution in [3.8, 4) is 0 Å². The van der Waals surface area contributed by atoms with Gasteiger partial charge in [0.25, 0.3) is 0 Å². The van der Waals surface area contributed by atoms with Crippen molar-refractivity contribution in [1.29, 1.82) is 0 Å². The Hall–Kier alpha value is -0.340. The molecule has 1 atom stereocenters. The van der Waals surface area contributed by atoms with Gasteiger partial charge in [-0.05, 0) is 30.5 Å². The molecule has 1 aromatic rings. The summed E-state index contributed by atoms with van der Waals surface area (Å²) in [4.78, 5) is 0. The number of nitrogens with one attached hydrogen (secondary N) is 1. The molecule has 1 rings (SSSR count). The van der Waals surface area contributed by atoms with Crippen LogP contribution in [0.3, 0.4) is 0 Å². The van der Waals surface area contributed by atoms with Gasteiger partial charge in [0, 0.05) is 17.1 Å². The van der Waals surface area contributed by atoms with Gasteiger partial charge in [0.2, 0.25) is 0 Å². The first-order valence-corrected chi connectivity index (χ1v) is 5.86. The molecule has 1 nitrogen and oxygen atoms in total. The fourth-order valence-corrected chi connectivity index (χ4v) is 1.38. The zero-order valence-corrected chi connectivity index (χ0v) is 10.6. The molecule has 0 radical (unpaired) electrons. The quantitative estimate of drug-likeness (QED) is 0.868. The average Bonchev–Trinajstić information content (AvgIpc) is 2.16. The van der Waals surface area contributed by atoms with Crippen molar-refractivity contribution in [2.24, 2.45) is 5.92 Å². The molecule has 14 heavy (non-hydrogen) atoms. The molecule has 0 saturated heterocycles. The molecule has 0 saturated carbocycles. The van der Waals surface area contributed by atoms with Crippen LogP contribution in [0.4, 0.5) is 0 Å². The zero-order valence-electron chi connectivity index (χ0n) is 9.05. The predicted octanol–water partition coefficient (Wildman–Crippen LogP) is 3.58. The molecular formula is C12H18BrN. The van der Waals surface area contributed by atoms with E-state index < -0.39 is 0 Å². The van der Waals surface area contributed by atoms with Gasteiger partial charge in [-0.3, -0.25) is 0 Å². The molecule has 0 aliphatic heterocycles. The minimum absolute atomic E-state index is 0.568. The molecular weight excluding hydrogens is 238 g/mol. The van der Waals surface area contributed by atoms with E-state index in [-0.39, 0.29) is 0 Å². The van der Waals surface area contributed by atoms with Crippen LogP contribution in [0.2, 0.25) is 0 Å². The van der Waals surface area contributed by atoms with Crippen LogP contribution in [0.15, 0.2) is 28.7 Å². The lowest BCUT2D eigenvalue weighted by atomic mass is 10.1. The van der Waals surface area contributed by atoms with Crippen LogP contribution < -0.4 is 5.32 Å². The summed E-state index contributed by atoms with van der Waals surface area (Å²) in [5.74, 6) is 0.686. The van der Waals surface area contributed by atoms with E-state index in [0.29, 0.717) is 12.0 Å². The SMILES string of the molecule is CC(C)[C@@H](C)NCc1ccc(Br)cc1. The fourth-order valence-electron chi connectivity index (χ4n) is 1.12. The van der Waals surface area contributed by atoms with E-state index in [1.807, 2.05) is 0 Å². The second kappa shape index (κ2) is 5.52. The number of hydrogen-bond donors (Lipinski definition) is 1.